The number of hydrogen-bond donors (Lipinski definition) is 3. The molecule has 320 valence electrons. The lowest BCUT2D eigenvalue weighted by atomic mass is 10.0. The normalized spacial score (nSPS) is 12.7. The van der Waals surface area contributed by atoms with Gasteiger partial charge in [0.15, 0.2) is 0 Å². The Morgan fingerprint density at radius 3 is 1.35 bits per heavy atom. The van der Waals surface area contributed by atoms with Gasteiger partial charge in [-0.2, -0.15) is 0 Å². The fourth-order valence-electron chi connectivity index (χ4n) is 7.34. The third-order valence-electron chi connectivity index (χ3n) is 11.1. The van der Waals surface area contributed by atoms with E-state index in [2.05, 4.69) is 31.3 Å². The van der Waals surface area contributed by atoms with E-state index in [1.807, 2.05) is 0 Å². The van der Waals surface area contributed by atoms with Gasteiger partial charge >= 0.3 is 5.97 Å². The zero-order valence-electron chi connectivity index (χ0n) is 36.2. The second-order valence-corrected chi connectivity index (χ2v) is 16.4. The summed E-state index contributed by atoms with van der Waals surface area (Å²) in [4.78, 5) is 24.4. The molecule has 3 N–H and O–H groups in total. The molecule has 0 aromatic heterocycles. The Morgan fingerprint density at radius 1 is 0.500 bits per heavy atom. The topological polar surface area (TPSA) is 95.9 Å². The lowest BCUT2D eigenvalue weighted by Gasteiger charge is -2.22. The van der Waals surface area contributed by atoms with Gasteiger partial charge in [0.25, 0.3) is 0 Å². The number of rotatable bonds is 44. The van der Waals surface area contributed by atoms with Gasteiger partial charge in [-0.1, -0.05) is 206 Å². The second-order valence-electron chi connectivity index (χ2n) is 16.4. The first kappa shape index (κ1) is 52.6. The minimum atomic E-state index is -0.681. The molecule has 2 unspecified atom stereocenters. The predicted octanol–water partition coefficient (Wildman–Crippen LogP) is 13.8. The van der Waals surface area contributed by atoms with Crippen LogP contribution in [-0.2, 0) is 14.3 Å². The molecule has 0 fully saturated rings. The van der Waals surface area contributed by atoms with Gasteiger partial charge in [-0.05, 0) is 51.4 Å². The number of aliphatic hydroxyl groups is 2. The van der Waals surface area contributed by atoms with E-state index in [9.17, 15) is 19.8 Å². The fourth-order valence-corrected chi connectivity index (χ4v) is 7.34. The zero-order valence-corrected chi connectivity index (χ0v) is 36.2. The molecule has 0 radical (unpaired) electrons. The van der Waals surface area contributed by atoms with Crippen LogP contribution in [0.4, 0.5) is 0 Å². The number of nitrogens with one attached hydrogen (secondary N) is 1. The Bertz CT molecular complexity index is 802. The average Bonchev–Trinajstić information content (AvgIpc) is 3.17. The number of hydrogen-bond acceptors (Lipinski definition) is 5. The van der Waals surface area contributed by atoms with Gasteiger partial charge < -0.3 is 20.3 Å². The Morgan fingerprint density at radius 2 is 0.870 bits per heavy atom. The molecule has 0 bridgehead atoms. The summed E-state index contributed by atoms with van der Waals surface area (Å²) in [6.45, 7) is 4.86. The van der Waals surface area contributed by atoms with E-state index in [0.717, 1.165) is 57.8 Å². The van der Waals surface area contributed by atoms with Crippen molar-refractivity contribution in [1.29, 1.82) is 0 Å². The molecule has 0 aliphatic rings. The number of esters is 1. The standard InChI is InChI=1S/C48H93NO5/c1-3-5-7-9-11-13-15-17-18-19-20-21-24-28-32-36-40-46(51)45(44-50)49-47(52)41-37-33-29-25-23-27-31-35-39-43-54-48(53)42-38-34-30-26-22-16-14-12-10-8-6-4-2/h12,14,45-46,50-51H,3-11,13,15-44H2,1-2H3,(H,49,52)/b14-12-. The number of amides is 1. The van der Waals surface area contributed by atoms with Crippen LogP contribution in [0.1, 0.15) is 258 Å². The van der Waals surface area contributed by atoms with Crippen molar-refractivity contribution in [1.82, 2.24) is 5.32 Å². The first-order valence-electron chi connectivity index (χ1n) is 23.9. The van der Waals surface area contributed by atoms with Gasteiger partial charge in [-0.25, -0.2) is 0 Å². The van der Waals surface area contributed by atoms with Crippen LogP contribution in [-0.4, -0.2) is 47.4 Å². The quantitative estimate of drug-likeness (QED) is 0.0326. The van der Waals surface area contributed by atoms with Gasteiger partial charge in [0.1, 0.15) is 0 Å². The zero-order chi connectivity index (χ0) is 39.4. The minimum absolute atomic E-state index is 0.0349. The predicted molar refractivity (Wildman–Crippen MR) is 232 cm³/mol. The highest BCUT2D eigenvalue weighted by Crippen LogP contribution is 2.16. The van der Waals surface area contributed by atoms with Crippen LogP contribution in [0.15, 0.2) is 12.2 Å². The van der Waals surface area contributed by atoms with E-state index in [-0.39, 0.29) is 18.5 Å². The van der Waals surface area contributed by atoms with Crippen molar-refractivity contribution in [2.24, 2.45) is 0 Å². The molecule has 6 nitrogen and oxygen atoms in total. The molecule has 0 rings (SSSR count). The molecule has 0 aromatic carbocycles. The molecule has 1 amide bonds. The van der Waals surface area contributed by atoms with Crippen LogP contribution in [0.5, 0.6) is 0 Å². The Labute approximate surface area is 336 Å². The molecule has 54 heavy (non-hydrogen) atoms. The van der Waals surface area contributed by atoms with Crippen molar-refractivity contribution in [2.45, 2.75) is 270 Å². The van der Waals surface area contributed by atoms with Crippen molar-refractivity contribution in [3.8, 4) is 0 Å². The molecule has 0 saturated carbocycles. The smallest absolute Gasteiger partial charge is 0.305 e. The van der Waals surface area contributed by atoms with Crippen LogP contribution in [0.3, 0.4) is 0 Å². The Kier molecular flexibility index (Phi) is 43.2. The van der Waals surface area contributed by atoms with E-state index in [1.165, 1.54) is 167 Å². The number of allylic oxidation sites excluding steroid dienone is 2. The van der Waals surface area contributed by atoms with Gasteiger partial charge in [0, 0.05) is 12.8 Å². The summed E-state index contributed by atoms with van der Waals surface area (Å²) in [5.74, 6) is -0.0972. The molecule has 0 aromatic rings. The van der Waals surface area contributed by atoms with Crippen molar-refractivity contribution in [3.05, 3.63) is 12.2 Å². The third-order valence-corrected chi connectivity index (χ3v) is 11.1. The maximum atomic E-state index is 12.4. The van der Waals surface area contributed by atoms with Crippen LogP contribution >= 0.6 is 0 Å². The highest BCUT2D eigenvalue weighted by molar-refractivity contribution is 5.76. The lowest BCUT2D eigenvalue weighted by Crippen LogP contribution is -2.45. The summed E-state index contributed by atoms with van der Waals surface area (Å²) in [7, 11) is 0. The van der Waals surface area contributed by atoms with Gasteiger partial charge in [0.2, 0.25) is 5.91 Å². The SMILES string of the molecule is CCCCC/C=C\CCCCCCCC(=O)OCCCCCCCCCCCC(=O)NC(CO)C(O)CCCCCCCCCCCCCCCCCC. The van der Waals surface area contributed by atoms with Crippen LogP contribution < -0.4 is 5.32 Å². The number of ether oxygens (including phenoxy) is 1. The molecule has 0 aliphatic carbocycles. The second kappa shape index (κ2) is 44.3. The molecule has 6 heteroatoms. The first-order valence-corrected chi connectivity index (χ1v) is 23.9. The summed E-state index contributed by atoms with van der Waals surface area (Å²) in [6.07, 6.45) is 48.8. The van der Waals surface area contributed by atoms with Crippen molar-refractivity contribution < 1.29 is 24.5 Å². The number of carbonyl (C=O) groups is 2. The number of unbranched alkanes of at least 4 members (excludes halogenated alkanes) is 31. The Hall–Kier alpha value is -1.40. The maximum absolute atomic E-state index is 12.4. The third kappa shape index (κ3) is 40.3. The summed E-state index contributed by atoms with van der Waals surface area (Å²) in [5, 5.41) is 23.2. The summed E-state index contributed by atoms with van der Waals surface area (Å²) in [5.41, 5.74) is 0. The van der Waals surface area contributed by atoms with E-state index < -0.39 is 12.1 Å². The molecule has 0 saturated heterocycles. The van der Waals surface area contributed by atoms with Crippen LogP contribution in [0, 0.1) is 0 Å². The largest absolute Gasteiger partial charge is 0.466 e. The first-order chi connectivity index (χ1) is 26.5. The van der Waals surface area contributed by atoms with Crippen molar-refractivity contribution in [3.63, 3.8) is 0 Å². The average molecular weight is 764 g/mol. The van der Waals surface area contributed by atoms with E-state index in [1.54, 1.807) is 0 Å². The maximum Gasteiger partial charge on any atom is 0.305 e. The molecule has 0 spiro atoms. The van der Waals surface area contributed by atoms with E-state index >= 15 is 0 Å². The summed E-state index contributed by atoms with van der Waals surface area (Å²) < 4.78 is 5.43. The number of carbonyl (C=O) groups excluding carboxylic acids is 2. The molecule has 2 atom stereocenters. The summed E-state index contributed by atoms with van der Waals surface area (Å²) >= 11 is 0. The molecular formula is C48H93NO5. The van der Waals surface area contributed by atoms with Gasteiger partial charge in [-0.3, -0.25) is 9.59 Å². The molecular weight excluding hydrogens is 671 g/mol. The summed E-state index contributed by atoms with van der Waals surface area (Å²) in [6, 6.07) is -0.560. The fraction of sp³-hybridized carbons (Fsp3) is 0.917. The molecule has 0 heterocycles. The van der Waals surface area contributed by atoms with Crippen molar-refractivity contribution >= 4 is 11.9 Å². The Balaban J connectivity index is 3.51. The van der Waals surface area contributed by atoms with Gasteiger partial charge in [0.05, 0.1) is 25.4 Å². The minimum Gasteiger partial charge on any atom is -0.466 e. The van der Waals surface area contributed by atoms with Crippen molar-refractivity contribution in [2.75, 3.05) is 13.2 Å². The molecule has 0 aliphatic heterocycles. The van der Waals surface area contributed by atoms with Gasteiger partial charge in [-0.15, -0.1) is 0 Å². The van der Waals surface area contributed by atoms with Crippen LogP contribution in [0.2, 0.25) is 0 Å². The number of aliphatic hydroxyl groups excluding tert-OH is 2. The van der Waals surface area contributed by atoms with E-state index in [4.69, 9.17) is 4.74 Å². The van der Waals surface area contributed by atoms with Crippen LogP contribution in [0.25, 0.3) is 0 Å². The highest BCUT2D eigenvalue weighted by Gasteiger charge is 2.20. The monoisotopic (exact) mass is 764 g/mol. The van der Waals surface area contributed by atoms with E-state index in [0.29, 0.717) is 25.9 Å². The highest BCUT2D eigenvalue weighted by atomic mass is 16.5. The lowest BCUT2D eigenvalue weighted by molar-refractivity contribution is -0.143.